The summed E-state index contributed by atoms with van der Waals surface area (Å²) in [5.41, 5.74) is 2.25. The molecule has 0 spiro atoms. The number of nitrogens with two attached hydrogens (primary N) is 1. The van der Waals surface area contributed by atoms with Crippen molar-refractivity contribution >= 4 is 15.9 Å². The van der Waals surface area contributed by atoms with Crippen molar-refractivity contribution in [3.8, 4) is 11.5 Å². The maximum Gasteiger partial charge on any atom is 0.162 e. The molecule has 1 heterocycles. The molecular formula is C20H25BrN2O2. The Hall–Kier alpha value is -1.56. The van der Waals surface area contributed by atoms with Gasteiger partial charge in [0.05, 0.1) is 13.2 Å². The van der Waals surface area contributed by atoms with Gasteiger partial charge in [-0.15, -0.1) is 0 Å². The average Bonchev–Trinajstić information content (AvgIpc) is 2.88. The zero-order chi connectivity index (χ0) is 18.0. The van der Waals surface area contributed by atoms with Gasteiger partial charge in [0, 0.05) is 10.0 Å². The molecule has 5 heteroatoms. The summed E-state index contributed by atoms with van der Waals surface area (Å²) >= 11 is 3.68. The normalized spacial score (nSPS) is 19.8. The summed E-state index contributed by atoms with van der Waals surface area (Å²) in [6.45, 7) is 4.86. The predicted molar refractivity (Wildman–Crippen MR) is 104 cm³/mol. The molecular weight excluding hydrogens is 380 g/mol. The van der Waals surface area contributed by atoms with E-state index in [4.69, 9.17) is 15.3 Å². The van der Waals surface area contributed by atoms with Gasteiger partial charge in [0.15, 0.2) is 11.5 Å². The summed E-state index contributed by atoms with van der Waals surface area (Å²) in [5.74, 6) is 7.84. The molecule has 4 nitrogen and oxygen atoms in total. The average molecular weight is 405 g/mol. The van der Waals surface area contributed by atoms with Gasteiger partial charge in [0.1, 0.15) is 6.61 Å². The zero-order valence-corrected chi connectivity index (χ0v) is 16.5. The van der Waals surface area contributed by atoms with Crippen molar-refractivity contribution in [1.29, 1.82) is 0 Å². The summed E-state index contributed by atoms with van der Waals surface area (Å²) in [6, 6.07) is 14.3. The number of hydrazine groups is 1. The fourth-order valence-corrected chi connectivity index (χ4v) is 3.89. The highest BCUT2D eigenvalue weighted by Gasteiger charge is 2.39. The van der Waals surface area contributed by atoms with Crippen LogP contribution < -0.4 is 15.3 Å². The third kappa shape index (κ3) is 3.84. The van der Waals surface area contributed by atoms with Crippen LogP contribution in [0.15, 0.2) is 46.9 Å². The minimum absolute atomic E-state index is 0.00487. The highest BCUT2D eigenvalue weighted by molar-refractivity contribution is 9.10. The summed E-state index contributed by atoms with van der Waals surface area (Å²) in [7, 11) is 1.66. The fourth-order valence-electron chi connectivity index (χ4n) is 3.30. The third-order valence-electron chi connectivity index (χ3n) is 4.94. The molecule has 1 aliphatic rings. The molecule has 1 fully saturated rings. The Morgan fingerprint density at radius 3 is 2.52 bits per heavy atom. The van der Waals surface area contributed by atoms with Crippen molar-refractivity contribution in [2.45, 2.75) is 44.9 Å². The number of benzene rings is 2. The quantitative estimate of drug-likeness (QED) is 0.725. The first-order valence-corrected chi connectivity index (χ1v) is 9.30. The first-order chi connectivity index (χ1) is 11.9. The van der Waals surface area contributed by atoms with Gasteiger partial charge >= 0.3 is 0 Å². The van der Waals surface area contributed by atoms with E-state index in [0.29, 0.717) is 12.4 Å². The van der Waals surface area contributed by atoms with Crippen LogP contribution in [0.25, 0.3) is 0 Å². The Balaban J connectivity index is 1.88. The van der Waals surface area contributed by atoms with Gasteiger partial charge in [0.2, 0.25) is 0 Å². The number of hydrogen-bond donors (Lipinski definition) is 1. The molecule has 0 amide bonds. The van der Waals surface area contributed by atoms with Gasteiger partial charge in [0.25, 0.3) is 0 Å². The van der Waals surface area contributed by atoms with E-state index in [2.05, 4.69) is 35.8 Å². The van der Waals surface area contributed by atoms with Crippen molar-refractivity contribution in [2.24, 2.45) is 5.84 Å². The molecule has 2 aromatic carbocycles. The van der Waals surface area contributed by atoms with Crippen LogP contribution in [0.2, 0.25) is 0 Å². The van der Waals surface area contributed by atoms with Gasteiger partial charge in [-0.1, -0.05) is 46.3 Å². The van der Waals surface area contributed by atoms with Crippen LogP contribution in [-0.4, -0.2) is 17.7 Å². The van der Waals surface area contributed by atoms with E-state index in [0.717, 1.165) is 34.2 Å². The number of hydrogen-bond acceptors (Lipinski definition) is 4. The van der Waals surface area contributed by atoms with E-state index >= 15 is 0 Å². The molecule has 0 aliphatic carbocycles. The highest BCUT2D eigenvalue weighted by Crippen LogP contribution is 2.45. The largest absolute Gasteiger partial charge is 0.493 e. The van der Waals surface area contributed by atoms with Crippen LogP contribution >= 0.6 is 15.9 Å². The van der Waals surface area contributed by atoms with Gasteiger partial charge in [-0.3, -0.25) is 5.84 Å². The Bertz CT molecular complexity index is 734. The van der Waals surface area contributed by atoms with E-state index in [1.54, 1.807) is 7.11 Å². The number of methoxy groups -OCH3 is 1. The van der Waals surface area contributed by atoms with Crippen LogP contribution in [0, 0.1) is 0 Å². The third-order valence-corrected chi connectivity index (χ3v) is 5.63. The van der Waals surface area contributed by atoms with E-state index in [9.17, 15) is 0 Å². The summed E-state index contributed by atoms with van der Waals surface area (Å²) in [5, 5.41) is 1.96. The zero-order valence-electron chi connectivity index (χ0n) is 15.0. The molecule has 0 radical (unpaired) electrons. The van der Waals surface area contributed by atoms with E-state index in [1.807, 2.05) is 41.4 Å². The first-order valence-electron chi connectivity index (χ1n) is 8.50. The number of nitrogens with zero attached hydrogens (tertiary/aromatic N) is 1. The van der Waals surface area contributed by atoms with Crippen molar-refractivity contribution < 1.29 is 9.47 Å². The van der Waals surface area contributed by atoms with E-state index in [-0.39, 0.29) is 11.6 Å². The smallest absolute Gasteiger partial charge is 0.162 e. The molecule has 1 aliphatic heterocycles. The second kappa shape index (κ2) is 7.36. The second-order valence-corrected chi connectivity index (χ2v) is 7.93. The van der Waals surface area contributed by atoms with Crippen LogP contribution in [0.4, 0.5) is 0 Å². The predicted octanol–water partition coefficient (Wildman–Crippen LogP) is 4.83. The molecule has 0 unspecified atom stereocenters. The molecule has 2 aromatic rings. The van der Waals surface area contributed by atoms with E-state index < -0.39 is 0 Å². The van der Waals surface area contributed by atoms with Crippen LogP contribution in [0.1, 0.15) is 43.9 Å². The molecule has 25 heavy (non-hydrogen) atoms. The fraction of sp³-hybridized carbons (Fsp3) is 0.400. The molecule has 3 rings (SSSR count). The van der Waals surface area contributed by atoms with Crippen molar-refractivity contribution in [3.63, 3.8) is 0 Å². The molecule has 0 saturated carbocycles. The lowest BCUT2D eigenvalue weighted by Crippen LogP contribution is -2.44. The molecule has 1 saturated heterocycles. The Morgan fingerprint density at radius 1 is 1.20 bits per heavy atom. The van der Waals surface area contributed by atoms with Gasteiger partial charge in [-0.25, -0.2) is 5.01 Å². The number of rotatable bonds is 5. The Labute approximate surface area is 158 Å². The monoisotopic (exact) mass is 404 g/mol. The first kappa shape index (κ1) is 18.2. The lowest BCUT2D eigenvalue weighted by atomic mass is 10.0. The number of ether oxygens (including phenoxy) is 2. The second-order valence-electron chi connectivity index (χ2n) is 7.07. The maximum atomic E-state index is 6.38. The summed E-state index contributed by atoms with van der Waals surface area (Å²) in [6.07, 6.45) is 2.08. The van der Waals surface area contributed by atoms with Crippen molar-refractivity contribution in [3.05, 3.63) is 58.1 Å². The minimum atomic E-state index is -0.00487. The lowest BCUT2D eigenvalue weighted by Gasteiger charge is -2.32. The topological polar surface area (TPSA) is 47.7 Å². The SMILES string of the molecule is COc1cc(Br)c([C@@H]2CCC(C)(C)N2N)cc1OCc1ccccc1. The highest BCUT2D eigenvalue weighted by atomic mass is 79.9. The maximum absolute atomic E-state index is 6.38. The molecule has 0 aromatic heterocycles. The van der Waals surface area contributed by atoms with Crippen LogP contribution in [0.5, 0.6) is 11.5 Å². The van der Waals surface area contributed by atoms with Crippen molar-refractivity contribution in [1.82, 2.24) is 5.01 Å². The molecule has 134 valence electrons. The van der Waals surface area contributed by atoms with Crippen molar-refractivity contribution in [2.75, 3.05) is 7.11 Å². The Kier molecular flexibility index (Phi) is 5.37. The van der Waals surface area contributed by atoms with Crippen LogP contribution in [-0.2, 0) is 6.61 Å². The van der Waals surface area contributed by atoms with Gasteiger partial charge < -0.3 is 9.47 Å². The van der Waals surface area contributed by atoms with E-state index in [1.165, 1.54) is 0 Å². The Morgan fingerprint density at radius 2 is 1.92 bits per heavy atom. The van der Waals surface area contributed by atoms with Gasteiger partial charge in [-0.05, 0) is 49.9 Å². The minimum Gasteiger partial charge on any atom is -0.493 e. The molecule has 0 bridgehead atoms. The summed E-state index contributed by atoms with van der Waals surface area (Å²) in [4.78, 5) is 0. The molecule has 2 N–H and O–H groups in total. The summed E-state index contributed by atoms with van der Waals surface area (Å²) < 4.78 is 12.5. The number of halogens is 1. The van der Waals surface area contributed by atoms with Crippen LogP contribution in [0.3, 0.4) is 0 Å². The molecule has 1 atom stereocenters. The standard InChI is InChI=1S/C20H25BrN2O2/c1-20(2)10-9-17(23(20)22)15-11-19(18(24-3)12-16(15)21)25-13-14-7-5-4-6-8-14/h4-8,11-12,17H,9-10,13,22H2,1-3H3/t17-/m0/s1. The lowest BCUT2D eigenvalue weighted by molar-refractivity contribution is 0.130. The van der Waals surface area contributed by atoms with Gasteiger partial charge in [-0.2, -0.15) is 0 Å².